The highest BCUT2D eigenvalue weighted by Gasteiger charge is 2.52. The third-order valence-electron chi connectivity index (χ3n) is 8.94. The molecule has 1 unspecified atom stereocenters. The van der Waals surface area contributed by atoms with Crippen molar-refractivity contribution in [2.45, 2.75) is 96.1 Å². The van der Waals surface area contributed by atoms with E-state index in [0.717, 1.165) is 28.2 Å². The molecule has 1 aliphatic carbocycles. The molecule has 0 heterocycles. The minimum absolute atomic E-state index is 0.0298. The molecule has 38 heavy (non-hydrogen) atoms. The van der Waals surface area contributed by atoms with Gasteiger partial charge in [-0.25, -0.2) is 0 Å². The summed E-state index contributed by atoms with van der Waals surface area (Å²) in [4.78, 5) is 0. The Morgan fingerprint density at radius 1 is 0.842 bits per heavy atom. The highest BCUT2D eigenvalue weighted by atomic mass is 28.4. The molecule has 0 fully saturated rings. The second kappa shape index (κ2) is 11.0. The van der Waals surface area contributed by atoms with Gasteiger partial charge in [0.25, 0.3) is 0 Å². The van der Waals surface area contributed by atoms with Gasteiger partial charge in [-0.1, -0.05) is 109 Å². The zero-order valence-electron chi connectivity index (χ0n) is 25.2. The molecule has 3 rings (SSSR count). The van der Waals surface area contributed by atoms with Crippen molar-refractivity contribution in [3.63, 3.8) is 0 Å². The monoisotopic (exact) mass is 548 g/mol. The molecule has 0 aliphatic heterocycles. The van der Waals surface area contributed by atoms with Crippen LogP contribution in [0.1, 0.15) is 59.1 Å². The Hall–Kier alpha value is -2.35. The molecule has 1 atom stereocenters. The predicted molar refractivity (Wildman–Crippen MR) is 167 cm³/mol. The molecule has 2 aromatic carbocycles. The van der Waals surface area contributed by atoms with Gasteiger partial charge in [-0.05, 0) is 64.2 Å². The van der Waals surface area contributed by atoms with E-state index in [2.05, 4.69) is 110 Å². The average molecular weight is 549 g/mol. The van der Waals surface area contributed by atoms with Crippen LogP contribution in [0, 0.1) is 0 Å². The molecule has 0 aromatic heterocycles. The topological polar surface area (TPSA) is 38.7 Å². The van der Waals surface area contributed by atoms with Crippen LogP contribution in [-0.4, -0.2) is 26.7 Å². The quantitative estimate of drug-likeness (QED) is 0.334. The molecule has 3 nitrogen and oxygen atoms in total. The van der Waals surface area contributed by atoms with Crippen LogP contribution >= 0.6 is 0 Å². The number of ether oxygens (including phenoxy) is 1. The van der Waals surface area contributed by atoms with Crippen LogP contribution in [0.3, 0.4) is 0 Å². The lowest BCUT2D eigenvalue weighted by atomic mass is 9.99. The summed E-state index contributed by atoms with van der Waals surface area (Å²) in [5.74, 6) is 1.67. The lowest BCUT2D eigenvalue weighted by Crippen LogP contribution is -2.59. The SMILES string of the molecule is CC(C)(C)[Si](C)(C)OC1=CC(O)([Si](C)(C)C(C)(C)C)CC(C=Cc2ccc(OCc3ccccc3)cc2)=C1. The van der Waals surface area contributed by atoms with Gasteiger partial charge in [0.1, 0.15) is 18.1 Å². The maximum absolute atomic E-state index is 12.2. The molecule has 0 saturated carbocycles. The van der Waals surface area contributed by atoms with Crippen molar-refractivity contribution in [3.05, 3.63) is 95.3 Å². The van der Waals surface area contributed by atoms with E-state index in [1.54, 1.807) is 0 Å². The fraction of sp³-hybridized carbons (Fsp3) is 0.455. The van der Waals surface area contributed by atoms with E-state index in [0.29, 0.717) is 13.0 Å². The first-order valence-corrected chi connectivity index (χ1v) is 19.6. The lowest BCUT2D eigenvalue weighted by Gasteiger charge is -2.49. The van der Waals surface area contributed by atoms with Crippen molar-refractivity contribution < 1.29 is 14.3 Å². The molecular formula is C33H48O3Si2. The van der Waals surface area contributed by atoms with E-state index in [-0.39, 0.29) is 10.1 Å². The smallest absolute Gasteiger partial charge is 0.250 e. The Bertz CT molecular complexity index is 1180. The Balaban J connectivity index is 1.84. The van der Waals surface area contributed by atoms with E-state index < -0.39 is 21.6 Å². The molecule has 0 radical (unpaired) electrons. The third-order valence-corrected chi connectivity index (χ3v) is 19.5. The fourth-order valence-corrected chi connectivity index (χ4v) is 7.62. The van der Waals surface area contributed by atoms with Crippen LogP contribution in [-0.2, 0) is 11.0 Å². The van der Waals surface area contributed by atoms with Crippen LogP contribution in [0.2, 0.25) is 36.3 Å². The van der Waals surface area contributed by atoms with Gasteiger partial charge in [-0.3, -0.25) is 0 Å². The molecule has 1 aliphatic rings. The zero-order valence-corrected chi connectivity index (χ0v) is 27.2. The summed E-state index contributed by atoms with van der Waals surface area (Å²) in [5.41, 5.74) is 3.34. The normalized spacial score (nSPS) is 19.2. The van der Waals surface area contributed by atoms with Gasteiger partial charge >= 0.3 is 0 Å². The number of aliphatic hydroxyl groups is 1. The molecule has 5 heteroatoms. The fourth-order valence-electron chi connectivity index (χ4n) is 4.16. The van der Waals surface area contributed by atoms with Crippen molar-refractivity contribution in [2.24, 2.45) is 0 Å². The van der Waals surface area contributed by atoms with Crippen molar-refractivity contribution >= 4 is 22.5 Å². The zero-order chi connectivity index (χ0) is 28.4. The molecule has 206 valence electrons. The number of hydrogen-bond acceptors (Lipinski definition) is 3. The second-order valence-electron chi connectivity index (χ2n) is 13.8. The molecule has 0 bridgehead atoms. The first-order chi connectivity index (χ1) is 17.4. The molecule has 0 spiro atoms. The molecule has 1 N–H and O–H groups in total. The maximum Gasteiger partial charge on any atom is 0.250 e. The van der Waals surface area contributed by atoms with Crippen molar-refractivity contribution in [1.29, 1.82) is 0 Å². The summed E-state index contributed by atoms with van der Waals surface area (Å²) in [6.07, 6.45) is 9.04. The van der Waals surface area contributed by atoms with E-state index in [9.17, 15) is 5.11 Å². The summed E-state index contributed by atoms with van der Waals surface area (Å²) >= 11 is 0. The Morgan fingerprint density at radius 3 is 2.00 bits per heavy atom. The summed E-state index contributed by atoms with van der Waals surface area (Å²) in [5, 5.41) is 11.4. The van der Waals surface area contributed by atoms with Crippen LogP contribution in [0.15, 0.2) is 84.2 Å². The van der Waals surface area contributed by atoms with Crippen LogP contribution in [0.25, 0.3) is 6.08 Å². The minimum atomic E-state index is -2.16. The first-order valence-electron chi connectivity index (χ1n) is 13.7. The van der Waals surface area contributed by atoms with Crippen molar-refractivity contribution in [1.82, 2.24) is 0 Å². The van der Waals surface area contributed by atoms with Crippen molar-refractivity contribution in [2.75, 3.05) is 0 Å². The summed E-state index contributed by atoms with van der Waals surface area (Å²) < 4.78 is 12.7. The van der Waals surface area contributed by atoms with Gasteiger partial charge in [0.05, 0.1) is 13.3 Å². The molecule has 2 aromatic rings. The Kier molecular flexibility index (Phi) is 8.76. The van der Waals surface area contributed by atoms with Gasteiger partial charge in [0, 0.05) is 6.42 Å². The van der Waals surface area contributed by atoms with E-state index in [4.69, 9.17) is 9.16 Å². The minimum Gasteiger partial charge on any atom is -0.544 e. The van der Waals surface area contributed by atoms with Gasteiger partial charge in [0.2, 0.25) is 8.32 Å². The highest BCUT2D eigenvalue weighted by molar-refractivity contribution is 6.83. The number of allylic oxidation sites excluding steroid dienone is 2. The van der Waals surface area contributed by atoms with Gasteiger partial charge in [0.15, 0.2) is 0 Å². The largest absolute Gasteiger partial charge is 0.544 e. The van der Waals surface area contributed by atoms with Crippen molar-refractivity contribution in [3.8, 4) is 5.75 Å². The maximum atomic E-state index is 12.2. The number of rotatable bonds is 8. The summed E-state index contributed by atoms with van der Waals surface area (Å²) in [6, 6.07) is 18.4. The number of benzene rings is 2. The van der Waals surface area contributed by atoms with Gasteiger partial charge < -0.3 is 14.3 Å². The van der Waals surface area contributed by atoms with E-state index >= 15 is 0 Å². The highest BCUT2D eigenvalue weighted by Crippen LogP contribution is 2.48. The third kappa shape index (κ3) is 6.99. The molecule has 0 saturated heterocycles. The summed E-state index contributed by atoms with van der Waals surface area (Å²) in [7, 11) is -4.22. The standard InChI is InChI=1S/C33H48O3Si2/c1-31(2,3)37(7,8)33(34)23-28(22-30(24-33)36-38(9,10)32(4,5)6)17-16-26-18-20-29(21-19-26)35-25-27-14-12-11-13-15-27/h11-22,24,34H,23,25H2,1-10H3. The van der Waals surface area contributed by atoms with E-state index in [1.165, 1.54) is 0 Å². The van der Waals surface area contributed by atoms with Crippen LogP contribution < -0.4 is 4.74 Å². The lowest BCUT2D eigenvalue weighted by molar-refractivity contribution is 0.154. The van der Waals surface area contributed by atoms with E-state index in [1.807, 2.05) is 36.4 Å². The molecule has 0 amide bonds. The first kappa shape index (κ1) is 30.2. The van der Waals surface area contributed by atoms with Gasteiger partial charge in [-0.2, -0.15) is 0 Å². The Labute approximate surface area is 233 Å². The second-order valence-corrected chi connectivity index (χ2v) is 24.1. The summed E-state index contributed by atoms with van der Waals surface area (Å²) in [6.45, 7) is 23.2. The van der Waals surface area contributed by atoms with Crippen LogP contribution in [0.5, 0.6) is 5.75 Å². The van der Waals surface area contributed by atoms with Crippen LogP contribution in [0.4, 0.5) is 0 Å². The Morgan fingerprint density at radius 2 is 1.45 bits per heavy atom. The predicted octanol–water partition coefficient (Wildman–Crippen LogP) is 9.29. The average Bonchev–Trinajstić information content (AvgIpc) is 2.80. The molecular weight excluding hydrogens is 501 g/mol. The number of hydrogen-bond donors (Lipinski definition) is 1. The van der Waals surface area contributed by atoms with Gasteiger partial charge in [-0.15, -0.1) is 0 Å².